The summed E-state index contributed by atoms with van der Waals surface area (Å²) in [5.74, 6) is 0.640. The number of amides is 2. The van der Waals surface area contributed by atoms with Crippen LogP contribution in [0.2, 0.25) is 0 Å². The van der Waals surface area contributed by atoms with Gasteiger partial charge in [0.05, 0.1) is 17.6 Å². The second kappa shape index (κ2) is 7.76. The minimum absolute atomic E-state index is 0.0499. The average Bonchev–Trinajstić information content (AvgIpc) is 2.94. The Bertz CT molecular complexity index is 655. The summed E-state index contributed by atoms with van der Waals surface area (Å²) in [6, 6.07) is -0.812. The topological polar surface area (TPSA) is 96.9 Å². The highest BCUT2D eigenvalue weighted by Gasteiger charge is 2.68. The molecule has 1 aliphatic heterocycles. The van der Waals surface area contributed by atoms with Crippen LogP contribution in [-0.4, -0.2) is 47.9 Å². The second-order valence-corrected chi connectivity index (χ2v) is 10.8. The number of rotatable bonds is 7. The molecular formula is C21H37BN2O5. The van der Waals surface area contributed by atoms with E-state index < -0.39 is 19.3 Å². The fourth-order valence-corrected chi connectivity index (χ4v) is 5.76. The molecule has 2 bridgehead atoms. The molecule has 0 aromatic carbocycles. The number of nitrogens with one attached hydrogen (secondary N) is 2. The van der Waals surface area contributed by atoms with Gasteiger partial charge in [0.1, 0.15) is 6.04 Å². The Morgan fingerprint density at radius 2 is 1.79 bits per heavy atom. The van der Waals surface area contributed by atoms with E-state index in [9.17, 15) is 9.59 Å². The molecule has 7 nitrogen and oxygen atoms in total. The molecule has 1 heterocycles. The van der Waals surface area contributed by atoms with Crippen molar-refractivity contribution in [2.45, 2.75) is 91.4 Å². The zero-order valence-electron chi connectivity index (χ0n) is 18.8. The fourth-order valence-electron chi connectivity index (χ4n) is 5.76. The lowest BCUT2D eigenvalue weighted by molar-refractivity contribution is -0.199. The normalized spacial score (nSPS) is 34.4. The van der Waals surface area contributed by atoms with Gasteiger partial charge in [0.2, 0.25) is 5.91 Å². The summed E-state index contributed by atoms with van der Waals surface area (Å²) >= 11 is 0. The van der Waals surface area contributed by atoms with Crippen molar-refractivity contribution in [2.75, 3.05) is 0 Å². The predicted molar refractivity (Wildman–Crippen MR) is 111 cm³/mol. The lowest BCUT2D eigenvalue weighted by Crippen LogP contribution is -2.65. The molecule has 3 aliphatic carbocycles. The highest BCUT2D eigenvalue weighted by atomic mass is 16.7. The molecule has 0 spiro atoms. The molecular weight excluding hydrogens is 371 g/mol. The van der Waals surface area contributed by atoms with Crippen LogP contribution in [0.25, 0.3) is 0 Å². The summed E-state index contributed by atoms with van der Waals surface area (Å²) in [5.41, 5.74) is -0.0753. The third kappa shape index (κ3) is 4.02. The standard InChI is InChI=1S/C21H37BN2O5/c1-11(2)8-16(23-18(25)17(12(3)4)24-19(26)27)22-28-15-10-13-9-14(20(13,5)6)21(15,7)29-22/h11-17,24H,8-10H2,1-7H3,(H,23,25)(H,26,27)/t13-,14-,15+,16-,17+,21-/m0/s1. The van der Waals surface area contributed by atoms with Gasteiger partial charge in [-0.2, -0.15) is 0 Å². The van der Waals surface area contributed by atoms with Crippen molar-refractivity contribution in [2.24, 2.45) is 29.1 Å². The largest absolute Gasteiger partial charge is 0.481 e. The third-order valence-electron chi connectivity index (χ3n) is 7.58. The maximum atomic E-state index is 12.9. The van der Waals surface area contributed by atoms with Crippen LogP contribution in [0.4, 0.5) is 4.79 Å². The molecule has 0 unspecified atom stereocenters. The molecule has 2 amide bonds. The van der Waals surface area contributed by atoms with Gasteiger partial charge in [-0.15, -0.1) is 0 Å². The van der Waals surface area contributed by atoms with E-state index in [-0.39, 0.29) is 34.9 Å². The molecule has 0 aromatic heterocycles. The first-order chi connectivity index (χ1) is 13.4. The van der Waals surface area contributed by atoms with Gasteiger partial charge in [-0.25, -0.2) is 4.79 Å². The smallest absolute Gasteiger partial charge is 0.465 e. The molecule has 8 heteroatoms. The third-order valence-corrected chi connectivity index (χ3v) is 7.58. The minimum Gasteiger partial charge on any atom is -0.465 e. The first-order valence-electron chi connectivity index (χ1n) is 11.0. The Hall–Kier alpha value is -1.28. The van der Waals surface area contributed by atoms with Gasteiger partial charge in [0.25, 0.3) is 0 Å². The van der Waals surface area contributed by atoms with E-state index in [4.69, 9.17) is 14.4 Å². The lowest BCUT2D eigenvalue weighted by atomic mass is 9.43. The summed E-state index contributed by atoms with van der Waals surface area (Å²) in [7, 11) is -0.510. The van der Waals surface area contributed by atoms with Crippen LogP contribution in [0.5, 0.6) is 0 Å². The summed E-state index contributed by atoms with van der Waals surface area (Å²) in [6.45, 7) is 14.6. The molecule has 4 fully saturated rings. The van der Waals surface area contributed by atoms with Gasteiger partial charge < -0.3 is 25.0 Å². The number of carboxylic acid groups (broad SMARTS) is 1. The van der Waals surface area contributed by atoms with Crippen molar-refractivity contribution >= 4 is 19.1 Å². The molecule has 0 aromatic rings. The number of hydrogen-bond donors (Lipinski definition) is 3. The van der Waals surface area contributed by atoms with Crippen molar-refractivity contribution in [3.63, 3.8) is 0 Å². The lowest BCUT2D eigenvalue weighted by Gasteiger charge is -2.64. The van der Waals surface area contributed by atoms with E-state index >= 15 is 0 Å². The second-order valence-electron chi connectivity index (χ2n) is 10.8. The Kier molecular flexibility index (Phi) is 6.00. The van der Waals surface area contributed by atoms with Gasteiger partial charge in [-0.05, 0) is 55.3 Å². The van der Waals surface area contributed by atoms with Crippen LogP contribution in [-0.2, 0) is 14.1 Å². The molecule has 4 rings (SSSR count). The Labute approximate surface area is 174 Å². The van der Waals surface area contributed by atoms with Crippen LogP contribution < -0.4 is 10.6 Å². The van der Waals surface area contributed by atoms with Gasteiger partial charge in [0.15, 0.2) is 0 Å². The van der Waals surface area contributed by atoms with E-state index in [0.717, 1.165) is 6.42 Å². The monoisotopic (exact) mass is 408 g/mol. The Balaban J connectivity index is 1.74. The maximum absolute atomic E-state index is 12.9. The van der Waals surface area contributed by atoms with E-state index in [2.05, 4.69) is 45.3 Å². The molecule has 3 saturated carbocycles. The minimum atomic E-state index is -1.20. The Morgan fingerprint density at radius 1 is 1.14 bits per heavy atom. The zero-order valence-corrected chi connectivity index (χ0v) is 18.8. The van der Waals surface area contributed by atoms with Gasteiger partial charge in [-0.3, -0.25) is 4.79 Å². The zero-order chi connectivity index (χ0) is 21.7. The highest BCUT2D eigenvalue weighted by Crippen LogP contribution is 2.65. The first-order valence-corrected chi connectivity index (χ1v) is 11.0. The van der Waals surface area contributed by atoms with Crippen LogP contribution in [0.3, 0.4) is 0 Å². The SMILES string of the molecule is CC(C)C[C@H](NC(=O)[C@H](NC(=O)O)C(C)C)B1O[C@@H]2C[C@@H]3C[C@@H](C3(C)C)[C@]2(C)O1. The van der Waals surface area contributed by atoms with Crippen molar-refractivity contribution < 1.29 is 24.0 Å². The van der Waals surface area contributed by atoms with Gasteiger partial charge >= 0.3 is 13.2 Å². The number of carbonyl (C=O) groups excluding carboxylic acids is 1. The van der Waals surface area contributed by atoms with Crippen molar-refractivity contribution in [3.8, 4) is 0 Å². The molecule has 1 saturated heterocycles. The van der Waals surface area contributed by atoms with Crippen LogP contribution in [0.15, 0.2) is 0 Å². The predicted octanol–water partition coefficient (Wildman–Crippen LogP) is 3.08. The van der Waals surface area contributed by atoms with E-state index in [1.54, 1.807) is 0 Å². The van der Waals surface area contributed by atoms with E-state index in [0.29, 0.717) is 24.2 Å². The quantitative estimate of drug-likeness (QED) is 0.563. The summed E-state index contributed by atoms with van der Waals surface area (Å²) in [5, 5.41) is 14.5. The maximum Gasteiger partial charge on any atom is 0.481 e. The molecule has 0 radical (unpaired) electrons. The molecule has 6 atom stereocenters. The molecule has 164 valence electrons. The molecule has 29 heavy (non-hydrogen) atoms. The molecule has 4 aliphatic rings. The van der Waals surface area contributed by atoms with Crippen molar-refractivity contribution in [1.29, 1.82) is 0 Å². The summed E-state index contributed by atoms with van der Waals surface area (Å²) in [4.78, 5) is 24.0. The Morgan fingerprint density at radius 3 is 2.31 bits per heavy atom. The van der Waals surface area contributed by atoms with Crippen molar-refractivity contribution in [1.82, 2.24) is 10.6 Å². The average molecular weight is 408 g/mol. The van der Waals surface area contributed by atoms with E-state index in [1.807, 2.05) is 13.8 Å². The number of carbonyl (C=O) groups is 2. The fraction of sp³-hybridized carbons (Fsp3) is 0.905. The van der Waals surface area contributed by atoms with Crippen LogP contribution in [0.1, 0.15) is 67.7 Å². The summed E-state index contributed by atoms with van der Waals surface area (Å²) < 4.78 is 12.9. The number of hydrogen-bond acceptors (Lipinski definition) is 4. The van der Waals surface area contributed by atoms with Crippen molar-refractivity contribution in [3.05, 3.63) is 0 Å². The van der Waals surface area contributed by atoms with Gasteiger partial charge in [-0.1, -0.05) is 41.5 Å². The molecule has 3 N–H and O–H groups in total. The highest BCUT2D eigenvalue weighted by molar-refractivity contribution is 6.47. The van der Waals surface area contributed by atoms with Crippen LogP contribution in [0, 0.1) is 29.1 Å². The summed E-state index contributed by atoms with van der Waals surface area (Å²) in [6.07, 6.45) is 1.72. The van der Waals surface area contributed by atoms with E-state index in [1.165, 1.54) is 6.42 Å². The van der Waals surface area contributed by atoms with Gasteiger partial charge in [0, 0.05) is 0 Å². The van der Waals surface area contributed by atoms with Crippen LogP contribution >= 0.6 is 0 Å². The first kappa shape index (κ1) is 22.4.